The predicted molar refractivity (Wildman–Crippen MR) is 119 cm³/mol. The van der Waals surface area contributed by atoms with Crippen LogP contribution in [0.1, 0.15) is 0 Å². The standard InChI is InChI=1S/C21H16Cl2N2O3S/c22-14-6-11-19(18(23)12-14)27-13-20(26)25-21(29)24-15-7-9-17(10-8-15)28-16-4-2-1-3-5-16/h1-12H,13H2,(H2,24,25,26,29). The molecule has 0 atom stereocenters. The Kier molecular flexibility index (Phi) is 7.30. The van der Waals surface area contributed by atoms with E-state index in [0.29, 0.717) is 27.2 Å². The van der Waals surface area contributed by atoms with Crippen LogP contribution in [0.25, 0.3) is 0 Å². The molecule has 0 heterocycles. The highest BCUT2D eigenvalue weighted by atomic mass is 35.5. The number of ether oxygens (including phenoxy) is 2. The largest absolute Gasteiger partial charge is 0.482 e. The molecule has 0 spiro atoms. The SMILES string of the molecule is O=C(COc1ccc(Cl)cc1Cl)NC(=S)Nc1ccc(Oc2ccccc2)cc1. The van der Waals surface area contributed by atoms with Gasteiger partial charge in [0.25, 0.3) is 5.91 Å². The van der Waals surface area contributed by atoms with Crippen LogP contribution in [-0.4, -0.2) is 17.6 Å². The van der Waals surface area contributed by atoms with Crippen molar-refractivity contribution in [3.05, 3.63) is 82.8 Å². The normalized spacial score (nSPS) is 10.1. The third-order valence-corrected chi connectivity index (χ3v) is 4.33. The molecule has 3 aromatic rings. The van der Waals surface area contributed by atoms with E-state index in [9.17, 15) is 4.79 Å². The average Bonchev–Trinajstić information content (AvgIpc) is 2.69. The fourth-order valence-corrected chi connectivity index (χ4v) is 2.99. The zero-order valence-electron chi connectivity index (χ0n) is 15.0. The Morgan fingerprint density at radius 3 is 2.31 bits per heavy atom. The monoisotopic (exact) mass is 446 g/mol. The van der Waals surface area contributed by atoms with Crippen LogP contribution in [0.5, 0.6) is 17.2 Å². The van der Waals surface area contributed by atoms with Crippen LogP contribution in [-0.2, 0) is 4.79 Å². The number of halogens is 2. The quantitative estimate of drug-likeness (QED) is 0.477. The molecule has 0 aromatic heterocycles. The fraction of sp³-hybridized carbons (Fsp3) is 0.0476. The molecule has 2 N–H and O–H groups in total. The first kappa shape index (κ1) is 20.9. The molecule has 0 aliphatic rings. The van der Waals surface area contributed by atoms with Crippen LogP contribution in [0.2, 0.25) is 10.0 Å². The number of amides is 1. The highest BCUT2D eigenvalue weighted by Gasteiger charge is 2.09. The molecule has 0 saturated heterocycles. The van der Waals surface area contributed by atoms with Crippen molar-refractivity contribution in [2.45, 2.75) is 0 Å². The third kappa shape index (κ3) is 6.64. The molecule has 148 valence electrons. The number of nitrogens with one attached hydrogen (secondary N) is 2. The number of hydrogen-bond acceptors (Lipinski definition) is 4. The summed E-state index contributed by atoms with van der Waals surface area (Å²) in [5, 5.41) is 6.42. The van der Waals surface area contributed by atoms with Gasteiger partial charge in [0.15, 0.2) is 11.7 Å². The summed E-state index contributed by atoms with van der Waals surface area (Å²) in [6, 6.07) is 21.4. The summed E-state index contributed by atoms with van der Waals surface area (Å²) in [4.78, 5) is 12.0. The van der Waals surface area contributed by atoms with Crippen molar-refractivity contribution in [1.82, 2.24) is 5.32 Å². The molecule has 1 amide bonds. The van der Waals surface area contributed by atoms with Gasteiger partial charge >= 0.3 is 0 Å². The first-order valence-corrected chi connectivity index (χ1v) is 9.68. The van der Waals surface area contributed by atoms with Gasteiger partial charge in [-0.05, 0) is 66.8 Å². The molecule has 0 radical (unpaired) electrons. The summed E-state index contributed by atoms with van der Waals surface area (Å²) >= 11 is 17.0. The van der Waals surface area contributed by atoms with Gasteiger partial charge in [-0.25, -0.2) is 0 Å². The third-order valence-electron chi connectivity index (χ3n) is 3.60. The van der Waals surface area contributed by atoms with Gasteiger partial charge in [-0.1, -0.05) is 41.4 Å². The van der Waals surface area contributed by atoms with E-state index in [4.69, 9.17) is 44.9 Å². The zero-order valence-corrected chi connectivity index (χ0v) is 17.4. The Balaban J connectivity index is 1.46. The van der Waals surface area contributed by atoms with E-state index in [1.165, 1.54) is 6.07 Å². The topological polar surface area (TPSA) is 59.6 Å². The smallest absolute Gasteiger partial charge is 0.264 e. The van der Waals surface area contributed by atoms with Gasteiger partial charge in [0, 0.05) is 10.7 Å². The van der Waals surface area contributed by atoms with Crippen LogP contribution in [0, 0.1) is 0 Å². The number of carbonyl (C=O) groups excluding carboxylic acids is 1. The number of rotatable bonds is 6. The highest BCUT2D eigenvalue weighted by Crippen LogP contribution is 2.27. The van der Waals surface area contributed by atoms with Crippen LogP contribution in [0.4, 0.5) is 5.69 Å². The van der Waals surface area contributed by atoms with Gasteiger partial charge in [-0.3, -0.25) is 10.1 Å². The average molecular weight is 447 g/mol. The molecule has 0 fully saturated rings. The summed E-state index contributed by atoms with van der Waals surface area (Å²) in [6.07, 6.45) is 0. The molecule has 0 unspecified atom stereocenters. The van der Waals surface area contributed by atoms with Crippen molar-refractivity contribution in [3.8, 4) is 17.2 Å². The van der Waals surface area contributed by atoms with Crippen molar-refractivity contribution >= 4 is 52.1 Å². The Hall–Kier alpha value is -2.80. The van der Waals surface area contributed by atoms with Crippen molar-refractivity contribution in [1.29, 1.82) is 0 Å². The van der Waals surface area contributed by atoms with Crippen molar-refractivity contribution in [2.24, 2.45) is 0 Å². The number of carbonyl (C=O) groups is 1. The lowest BCUT2D eigenvalue weighted by molar-refractivity contribution is -0.121. The minimum atomic E-state index is -0.419. The molecule has 0 aliphatic carbocycles. The van der Waals surface area contributed by atoms with E-state index < -0.39 is 5.91 Å². The summed E-state index contributed by atoms with van der Waals surface area (Å²) in [5.74, 6) is 1.37. The summed E-state index contributed by atoms with van der Waals surface area (Å²) in [5.41, 5.74) is 0.706. The molecule has 0 aliphatic heterocycles. The maximum Gasteiger partial charge on any atom is 0.264 e. The Morgan fingerprint density at radius 2 is 1.62 bits per heavy atom. The van der Waals surface area contributed by atoms with Crippen LogP contribution >= 0.6 is 35.4 Å². The fourth-order valence-electron chi connectivity index (χ4n) is 2.29. The van der Waals surface area contributed by atoms with E-state index in [-0.39, 0.29) is 11.7 Å². The minimum absolute atomic E-state index is 0.150. The van der Waals surface area contributed by atoms with Gasteiger partial charge in [-0.2, -0.15) is 0 Å². The maximum absolute atomic E-state index is 12.0. The van der Waals surface area contributed by atoms with E-state index >= 15 is 0 Å². The van der Waals surface area contributed by atoms with Gasteiger partial charge in [0.2, 0.25) is 0 Å². The van der Waals surface area contributed by atoms with Gasteiger partial charge in [0.05, 0.1) is 5.02 Å². The zero-order chi connectivity index (χ0) is 20.6. The second kappa shape index (κ2) is 10.1. The summed E-state index contributed by atoms with van der Waals surface area (Å²) in [6.45, 7) is -0.243. The molecule has 5 nitrogen and oxygen atoms in total. The lowest BCUT2D eigenvalue weighted by Crippen LogP contribution is -2.37. The first-order valence-electron chi connectivity index (χ1n) is 8.51. The van der Waals surface area contributed by atoms with Crippen LogP contribution in [0.3, 0.4) is 0 Å². The molecule has 29 heavy (non-hydrogen) atoms. The second-order valence-corrected chi connectivity index (χ2v) is 7.06. The minimum Gasteiger partial charge on any atom is -0.482 e. The highest BCUT2D eigenvalue weighted by molar-refractivity contribution is 7.80. The molecule has 3 rings (SSSR count). The van der Waals surface area contributed by atoms with Crippen molar-refractivity contribution < 1.29 is 14.3 Å². The van der Waals surface area contributed by atoms with Crippen molar-refractivity contribution in [2.75, 3.05) is 11.9 Å². The Morgan fingerprint density at radius 1 is 0.931 bits per heavy atom. The van der Waals surface area contributed by atoms with Gasteiger partial charge < -0.3 is 14.8 Å². The second-order valence-electron chi connectivity index (χ2n) is 5.81. The summed E-state index contributed by atoms with van der Waals surface area (Å²) in [7, 11) is 0. The van der Waals surface area contributed by atoms with Gasteiger partial charge in [-0.15, -0.1) is 0 Å². The van der Waals surface area contributed by atoms with Gasteiger partial charge in [0.1, 0.15) is 17.2 Å². The number of thiocarbonyl (C=S) groups is 1. The van der Waals surface area contributed by atoms with E-state index in [1.807, 2.05) is 30.3 Å². The number of hydrogen-bond donors (Lipinski definition) is 2. The lowest BCUT2D eigenvalue weighted by atomic mass is 10.3. The molecule has 0 bridgehead atoms. The number of anilines is 1. The summed E-state index contributed by atoms with van der Waals surface area (Å²) < 4.78 is 11.1. The molecule has 8 heteroatoms. The van der Waals surface area contributed by atoms with E-state index in [1.54, 1.807) is 36.4 Å². The van der Waals surface area contributed by atoms with Crippen LogP contribution < -0.4 is 20.1 Å². The van der Waals surface area contributed by atoms with E-state index in [2.05, 4.69) is 10.6 Å². The number of benzene rings is 3. The molecule has 3 aromatic carbocycles. The maximum atomic E-state index is 12.0. The Labute approximate surface area is 183 Å². The number of para-hydroxylation sites is 1. The molecular formula is C21H16Cl2N2O3S. The first-order chi connectivity index (χ1) is 14.0. The molecule has 0 saturated carbocycles. The predicted octanol–water partition coefficient (Wildman–Crippen LogP) is 5.68. The Bertz CT molecular complexity index is 999. The van der Waals surface area contributed by atoms with E-state index in [0.717, 1.165) is 5.75 Å². The molecular weight excluding hydrogens is 431 g/mol. The lowest BCUT2D eigenvalue weighted by Gasteiger charge is -2.12. The van der Waals surface area contributed by atoms with Crippen molar-refractivity contribution in [3.63, 3.8) is 0 Å². The van der Waals surface area contributed by atoms with Crippen LogP contribution in [0.15, 0.2) is 72.8 Å².